The van der Waals surface area contributed by atoms with Crippen molar-refractivity contribution in [1.82, 2.24) is 9.55 Å². The van der Waals surface area contributed by atoms with E-state index in [2.05, 4.69) is 20.9 Å². The quantitative estimate of drug-likeness (QED) is 0.516. The van der Waals surface area contributed by atoms with Crippen LogP contribution in [0.4, 0.5) is 0 Å². The number of hydrogen-bond acceptors (Lipinski definition) is 6. The van der Waals surface area contributed by atoms with Gasteiger partial charge in [-0.1, -0.05) is 28.1 Å². The first kappa shape index (κ1) is 20.5. The molecule has 1 amide bonds. The summed E-state index contributed by atoms with van der Waals surface area (Å²) in [5.74, 6) is -0.570. The van der Waals surface area contributed by atoms with Gasteiger partial charge < -0.3 is 15.2 Å². The van der Waals surface area contributed by atoms with Gasteiger partial charge in [0.15, 0.2) is 6.61 Å². The Bertz CT molecular complexity index is 1110. The Hall–Kier alpha value is -3.20. The molecule has 0 aliphatic heterocycles. The van der Waals surface area contributed by atoms with Crippen molar-refractivity contribution in [3.8, 4) is 5.75 Å². The zero-order chi connectivity index (χ0) is 20.8. The van der Waals surface area contributed by atoms with E-state index >= 15 is 0 Å². The minimum Gasteiger partial charge on any atom is -0.484 e. The average molecular weight is 460 g/mol. The van der Waals surface area contributed by atoms with Crippen molar-refractivity contribution in [2.45, 2.75) is 19.6 Å². The molecule has 0 spiro atoms. The first-order valence-electron chi connectivity index (χ1n) is 8.73. The normalized spacial score (nSPS) is 10.7. The van der Waals surface area contributed by atoms with Gasteiger partial charge >= 0.3 is 5.97 Å². The van der Waals surface area contributed by atoms with Gasteiger partial charge in [0.05, 0.1) is 23.7 Å². The van der Waals surface area contributed by atoms with Gasteiger partial charge in [0, 0.05) is 11.0 Å². The molecule has 150 valence electrons. The van der Waals surface area contributed by atoms with E-state index in [4.69, 9.17) is 15.2 Å². The van der Waals surface area contributed by atoms with Gasteiger partial charge in [0.1, 0.15) is 12.4 Å². The van der Waals surface area contributed by atoms with E-state index in [0.717, 1.165) is 4.47 Å². The van der Waals surface area contributed by atoms with E-state index < -0.39 is 11.9 Å². The molecule has 2 aromatic carbocycles. The fourth-order valence-corrected chi connectivity index (χ4v) is 2.98. The molecule has 0 saturated carbocycles. The topological polar surface area (TPSA) is 114 Å². The number of esters is 1. The SMILES string of the molecule is NC(=O)COc1cccc(COC(=O)CCn2cnc3ccc(Br)cc3c2=O)c1. The van der Waals surface area contributed by atoms with Crippen molar-refractivity contribution in [3.05, 3.63) is 69.2 Å². The molecule has 8 nitrogen and oxygen atoms in total. The third-order valence-electron chi connectivity index (χ3n) is 4.02. The zero-order valence-corrected chi connectivity index (χ0v) is 16.9. The highest BCUT2D eigenvalue weighted by molar-refractivity contribution is 9.10. The van der Waals surface area contributed by atoms with Gasteiger partial charge in [0.2, 0.25) is 0 Å². The maximum Gasteiger partial charge on any atom is 0.307 e. The molecule has 1 heterocycles. The predicted octanol–water partition coefficient (Wildman–Crippen LogP) is 2.16. The molecule has 29 heavy (non-hydrogen) atoms. The van der Waals surface area contributed by atoms with E-state index in [9.17, 15) is 14.4 Å². The minimum atomic E-state index is -0.576. The maximum atomic E-state index is 12.5. The van der Waals surface area contributed by atoms with Crippen LogP contribution < -0.4 is 16.0 Å². The van der Waals surface area contributed by atoms with Crippen LogP contribution in [-0.4, -0.2) is 28.0 Å². The number of hydrogen-bond donors (Lipinski definition) is 1. The Morgan fingerprint density at radius 3 is 2.79 bits per heavy atom. The first-order chi connectivity index (χ1) is 13.9. The van der Waals surface area contributed by atoms with Gasteiger partial charge in [0.25, 0.3) is 11.5 Å². The molecule has 0 unspecified atom stereocenters. The summed E-state index contributed by atoms with van der Waals surface area (Å²) in [7, 11) is 0. The van der Waals surface area contributed by atoms with E-state index in [0.29, 0.717) is 22.2 Å². The Balaban J connectivity index is 1.56. The molecule has 0 aliphatic carbocycles. The molecule has 9 heteroatoms. The van der Waals surface area contributed by atoms with Crippen LogP contribution in [0.3, 0.4) is 0 Å². The highest BCUT2D eigenvalue weighted by Crippen LogP contribution is 2.16. The highest BCUT2D eigenvalue weighted by atomic mass is 79.9. The van der Waals surface area contributed by atoms with Gasteiger partial charge in [-0.3, -0.25) is 19.0 Å². The molecule has 0 bridgehead atoms. The molecule has 0 atom stereocenters. The Labute approximate surface area is 174 Å². The number of amides is 1. The summed E-state index contributed by atoms with van der Waals surface area (Å²) in [5, 5.41) is 0.475. The molecule has 0 fully saturated rings. The van der Waals surface area contributed by atoms with E-state index in [1.54, 1.807) is 36.4 Å². The summed E-state index contributed by atoms with van der Waals surface area (Å²) in [5.41, 5.74) is 6.12. The number of fused-ring (bicyclic) bond motifs is 1. The summed E-state index contributed by atoms with van der Waals surface area (Å²) in [6.07, 6.45) is 1.45. The third kappa shape index (κ3) is 5.64. The minimum absolute atomic E-state index is 0.0267. The second-order valence-electron chi connectivity index (χ2n) is 6.22. The van der Waals surface area contributed by atoms with Crippen LogP contribution in [0.15, 0.2) is 58.1 Å². The number of nitrogens with two attached hydrogens (primary N) is 1. The van der Waals surface area contributed by atoms with Crippen LogP contribution in [0.25, 0.3) is 10.9 Å². The lowest BCUT2D eigenvalue weighted by molar-refractivity contribution is -0.145. The summed E-state index contributed by atoms with van der Waals surface area (Å²) >= 11 is 3.34. The van der Waals surface area contributed by atoms with Crippen LogP contribution in [0, 0.1) is 0 Å². The standard InChI is InChI=1S/C20H18BrN3O5/c21-14-4-5-17-16(9-14)20(27)24(12-23-17)7-6-19(26)29-10-13-2-1-3-15(8-13)28-11-18(22)25/h1-5,8-9,12H,6-7,10-11H2,(H2,22,25). The van der Waals surface area contributed by atoms with Crippen molar-refractivity contribution < 1.29 is 19.1 Å². The zero-order valence-electron chi connectivity index (χ0n) is 15.3. The fourth-order valence-electron chi connectivity index (χ4n) is 2.62. The predicted molar refractivity (Wildman–Crippen MR) is 109 cm³/mol. The number of carbonyl (C=O) groups excluding carboxylic acids is 2. The molecular formula is C20H18BrN3O5. The Morgan fingerprint density at radius 1 is 1.17 bits per heavy atom. The fraction of sp³-hybridized carbons (Fsp3) is 0.200. The smallest absolute Gasteiger partial charge is 0.307 e. The number of aromatic nitrogens is 2. The molecular weight excluding hydrogens is 442 g/mol. The summed E-state index contributed by atoms with van der Waals surface area (Å²) < 4.78 is 12.6. The van der Waals surface area contributed by atoms with E-state index in [1.165, 1.54) is 10.9 Å². The van der Waals surface area contributed by atoms with E-state index in [-0.39, 0.29) is 31.7 Å². The lowest BCUT2D eigenvalue weighted by atomic mass is 10.2. The summed E-state index contributed by atoms with van der Waals surface area (Å²) in [6, 6.07) is 12.1. The van der Waals surface area contributed by atoms with Gasteiger partial charge in [-0.15, -0.1) is 0 Å². The first-order valence-corrected chi connectivity index (χ1v) is 9.52. The van der Waals surface area contributed by atoms with Crippen molar-refractivity contribution in [2.75, 3.05) is 6.61 Å². The van der Waals surface area contributed by atoms with Crippen LogP contribution in [-0.2, 0) is 27.5 Å². The molecule has 0 radical (unpaired) electrons. The number of aryl methyl sites for hydroxylation is 1. The number of ether oxygens (including phenoxy) is 2. The van der Waals surface area contributed by atoms with Crippen LogP contribution >= 0.6 is 15.9 Å². The van der Waals surface area contributed by atoms with Crippen molar-refractivity contribution >= 4 is 38.7 Å². The molecule has 0 saturated heterocycles. The highest BCUT2D eigenvalue weighted by Gasteiger charge is 2.09. The second-order valence-corrected chi connectivity index (χ2v) is 7.13. The van der Waals surface area contributed by atoms with Gasteiger partial charge in [-0.25, -0.2) is 4.98 Å². The van der Waals surface area contributed by atoms with Crippen LogP contribution in [0.5, 0.6) is 5.75 Å². The van der Waals surface area contributed by atoms with Crippen LogP contribution in [0.2, 0.25) is 0 Å². The Kier molecular flexibility index (Phi) is 6.61. The van der Waals surface area contributed by atoms with Crippen molar-refractivity contribution in [2.24, 2.45) is 5.73 Å². The monoisotopic (exact) mass is 459 g/mol. The number of nitrogens with zero attached hydrogens (tertiary/aromatic N) is 2. The second kappa shape index (κ2) is 9.33. The number of primary amides is 1. The number of rotatable bonds is 8. The molecule has 3 rings (SSSR count). The number of carbonyl (C=O) groups is 2. The molecule has 0 aliphatic rings. The molecule has 2 N–H and O–H groups in total. The average Bonchev–Trinajstić information content (AvgIpc) is 2.71. The van der Waals surface area contributed by atoms with Crippen molar-refractivity contribution in [3.63, 3.8) is 0 Å². The summed E-state index contributed by atoms with van der Waals surface area (Å²) in [4.78, 5) is 39.6. The number of halogens is 1. The van der Waals surface area contributed by atoms with Gasteiger partial charge in [-0.2, -0.15) is 0 Å². The molecule has 1 aromatic heterocycles. The molecule has 3 aromatic rings. The third-order valence-corrected chi connectivity index (χ3v) is 4.52. The van der Waals surface area contributed by atoms with Crippen LogP contribution in [0.1, 0.15) is 12.0 Å². The van der Waals surface area contributed by atoms with Gasteiger partial charge in [-0.05, 0) is 35.9 Å². The lowest BCUT2D eigenvalue weighted by Gasteiger charge is -2.09. The summed E-state index contributed by atoms with van der Waals surface area (Å²) in [6.45, 7) is -0.0202. The van der Waals surface area contributed by atoms with E-state index in [1.807, 2.05) is 6.07 Å². The maximum absolute atomic E-state index is 12.5. The largest absolute Gasteiger partial charge is 0.484 e. The van der Waals surface area contributed by atoms with Crippen molar-refractivity contribution in [1.29, 1.82) is 0 Å². The number of benzene rings is 2. The lowest BCUT2D eigenvalue weighted by Crippen LogP contribution is -2.22. The Morgan fingerprint density at radius 2 is 2.00 bits per heavy atom.